The number of hydrogen-bond donors (Lipinski definition) is 0. The number of benzene rings is 1. The minimum atomic E-state index is 0.325. The normalized spacial score (nSPS) is 21.2. The van der Waals surface area contributed by atoms with Crippen LogP contribution in [0.1, 0.15) is 37.1 Å². The molecule has 2 fully saturated rings. The van der Waals surface area contributed by atoms with Crippen LogP contribution in [0.4, 0.5) is 0 Å². The summed E-state index contributed by atoms with van der Waals surface area (Å²) in [5.41, 5.74) is 1.89. The highest BCUT2D eigenvalue weighted by Crippen LogP contribution is 2.26. The number of aromatic nitrogens is 1. The molecule has 2 aliphatic heterocycles. The van der Waals surface area contributed by atoms with Crippen LogP contribution in [-0.2, 0) is 11.3 Å². The maximum absolute atomic E-state index is 11.9. The number of likely N-dealkylation sites (tertiary alicyclic amines) is 2. The molecule has 1 unspecified atom stereocenters. The van der Waals surface area contributed by atoms with Gasteiger partial charge in [-0.25, -0.2) is 4.98 Å². The smallest absolute Gasteiger partial charge is 0.226 e. The van der Waals surface area contributed by atoms with E-state index in [2.05, 4.69) is 4.90 Å². The third-order valence-corrected chi connectivity index (χ3v) is 5.83. The first-order valence-corrected chi connectivity index (χ1v) is 10.2. The van der Waals surface area contributed by atoms with Crippen LogP contribution in [0.3, 0.4) is 0 Å². The number of nitrogens with zero attached hydrogens (tertiary/aromatic N) is 3. The Morgan fingerprint density at radius 1 is 1.30 bits per heavy atom. The van der Waals surface area contributed by atoms with Crippen molar-refractivity contribution >= 4 is 17.5 Å². The van der Waals surface area contributed by atoms with Crippen molar-refractivity contribution in [2.45, 2.75) is 39.2 Å². The Balaban J connectivity index is 1.40. The van der Waals surface area contributed by atoms with Gasteiger partial charge in [0.1, 0.15) is 5.76 Å². The predicted octanol–water partition coefficient (Wildman–Crippen LogP) is 4.14. The van der Waals surface area contributed by atoms with E-state index in [1.807, 2.05) is 36.1 Å². The Bertz CT molecular complexity index is 820. The Morgan fingerprint density at radius 3 is 2.96 bits per heavy atom. The van der Waals surface area contributed by atoms with Gasteiger partial charge in [0.05, 0.1) is 5.69 Å². The van der Waals surface area contributed by atoms with Gasteiger partial charge in [0.25, 0.3) is 0 Å². The van der Waals surface area contributed by atoms with Gasteiger partial charge in [-0.15, -0.1) is 0 Å². The number of aryl methyl sites for hydroxylation is 1. The topological polar surface area (TPSA) is 49.6 Å². The molecule has 27 heavy (non-hydrogen) atoms. The first-order valence-electron chi connectivity index (χ1n) is 9.81. The highest BCUT2D eigenvalue weighted by Gasteiger charge is 2.27. The van der Waals surface area contributed by atoms with Crippen molar-refractivity contribution in [3.05, 3.63) is 40.7 Å². The van der Waals surface area contributed by atoms with Gasteiger partial charge in [-0.1, -0.05) is 17.7 Å². The van der Waals surface area contributed by atoms with E-state index in [-0.39, 0.29) is 0 Å². The van der Waals surface area contributed by atoms with E-state index in [1.165, 1.54) is 12.8 Å². The molecular weight excluding hydrogens is 362 g/mol. The van der Waals surface area contributed by atoms with E-state index in [4.69, 9.17) is 21.0 Å². The summed E-state index contributed by atoms with van der Waals surface area (Å²) in [6.45, 7) is 6.69. The number of oxazole rings is 1. The van der Waals surface area contributed by atoms with Crippen molar-refractivity contribution in [1.82, 2.24) is 14.8 Å². The maximum Gasteiger partial charge on any atom is 0.226 e. The molecule has 6 heteroatoms. The number of carbonyl (C=O) groups is 1. The van der Waals surface area contributed by atoms with Crippen molar-refractivity contribution in [3.63, 3.8) is 0 Å². The molecule has 0 N–H and O–H groups in total. The van der Waals surface area contributed by atoms with Crippen LogP contribution in [-0.4, -0.2) is 46.9 Å². The molecule has 1 amide bonds. The second-order valence-corrected chi connectivity index (χ2v) is 8.16. The molecule has 0 aliphatic carbocycles. The third-order valence-electron chi connectivity index (χ3n) is 5.59. The van der Waals surface area contributed by atoms with Crippen LogP contribution in [0.5, 0.6) is 0 Å². The highest BCUT2D eigenvalue weighted by molar-refractivity contribution is 6.30. The largest absolute Gasteiger partial charge is 0.441 e. The number of piperidine rings is 1. The number of carbonyl (C=O) groups excluding carboxylic acids is 1. The summed E-state index contributed by atoms with van der Waals surface area (Å²) >= 11 is 6.09. The van der Waals surface area contributed by atoms with E-state index in [9.17, 15) is 4.79 Å². The molecular formula is C21H26ClN3O2. The summed E-state index contributed by atoms with van der Waals surface area (Å²) in [5.74, 6) is 2.37. The van der Waals surface area contributed by atoms with Gasteiger partial charge < -0.3 is 9.32 Å². The Labute approximate surface area is 165 Å². The Kier molecular flexibility index (Phi) is 5.50. The number of rotatable bonds is 5. The molecule has 0 bridgehead atoms. The third kappa shape index (κ3) is 4.36. The minimum absolute atomic E-state index is 0.325. The van der Waals surface area contributed by atoms with Gasteiger partial charge in [-0.05, 0) is 56.8 Å². The summed E-state index contributed by atoms with van der Waals surface area (Å²) in [7, 11) is 0. The van der Waals surface area contributed by atoms with Crippen LogP contribution < -0.4 is 0 Å². The Morgan fingerprint density at radius 2 is 2.19 bits per heavy atom. The van der Waals surface area contributed by atoms with Crippen LogP contribution >= 0.6 is 11.6 Å². The van der Waals surface area contributed by atoms with Gasteiger partial charge in [-0.3, -0.25) is 9.69 Å². The number of amides is 1. The highest BCUT2D eigenvalue weighted by atomic mass is 35.5. The molecule has 1 aromatic heterocycles. The molecule has 0 radical (unpaired) electrons. The van der Waals surface area contributed by atoms with E-state index in [0.717, 1.165) is 62.6 Å². The molecule has 0 spiro atoms. The standard InChI is InChI=1S/C21H26ClN3O2/c1-15-19(23-21(27-15)17-6-2-7-18(22)11-17)14-24-9-3-5-16(12-24)13-25-10-4-8-20(25)26/h2,6-7,11,16H,3-5,8-10,12-14H2,1H3. The number of hydrogen-bond acceptors (Lipinski definition) is 4. The minimum Gasteiger partial charge on any atom is -0.441 e. The summed E-state index contributed by atoms with van der Waals surface area (Å²) in [6, 6.07) is 7.60. The lowest BCUT2D eigenvalue weighted by Crippen LogP contribution is -2.41. The first-order chi connectivity index (χ1) is 13.1. The molecule has 5 nitrogen and oxygen atoms in total. The van der Waals surface area contributed by atoms with E-state index in [1.54, 1.807) is 0 Å². The summed E-state index contributed by atoms with van der Waals surface area (Å²) in [6.07, 6.45) is 4.11. The SMILES string of the molecule is Cc1oc(-c2cccc(Cl)c2)nc1CN1CCCC(CN2CCCC2=O)C1. The number of halogens is 1. The average molecular weight is 388 g/mol. The van der Waals surface area contributed by atoms with E-state index < -0.39 is 0 Å². The van der Waals surface area contributed by atoms with Gasteiger partial charge in [-0.2, -0.15) is 0 Å². The van der Waals surface area contributed by atoms with Gasteiger partial charge in [0.15, 0.2) is 0 Å². The molecule has 1 atom stereocenters. The zero-order chi connectivity index (χ0) is 18.8. The van der Waals surface area contributed by atoms with Crippen LogP contribution in [0.25, 0.3) is 11.5 Å². The molecule has 2 saturated heterocycles. The fourth-order valence-corrected chi connectivity index (χ4v) is 4.37. The second-order valence-electron chi connectivity index (χ2n) is 7.72. The van der Waals surface area contributed by atoms with Crippen molar-refractivity contribution in [1.29, 1.82) is 0 Å². The van der Waals surface area contributed by atoms with Crippen molar-refractivity contribution in [2.24, 2.45) is 5.92 Å². The van der Waals surface area contributed by atoms with Crippen molar-refractivity contribution in [2.75, 3.05) is 26.2 Å². The zero-order valence-electron chi connectivity index (χ0n) is 15.8. The maximum atomic E-state index is 11.9. The predicted molar refractivity (Wildman–Crippen MR) is 106 cm³/mol. The van der Waals surface area contributed by atoms with Gasteiger partial charge in [0.2, 0.25) is 11.8 Å². The lowest BCUT2D eigenvalue weighted by atomic mass is 9.97. The molecule has 144 valence electrons. The lowest BCUT2D eigenvalue weighted by Gasteiger charge is -2.34. The van der Waals surface area contributed by atoms with Gasteiger partial charge >= 0.3 is 0 Å². The monoisotopic (exact) mass is 387 g/mol. The quantitative estimate of drug-likeness (QED) is 0.773. The summed E-state index contributed by atoms with van der Waals surface area (Å²) in [5, 5.41) is 0.681. The summed E-state index contributed by atoms with van der Waals surface area (Å²) in [4.78, 5) is 21.1. The lowest BCUT2D eigenvalue weighted by molar-refractivity contribution is -0.128. The molecule has 4 rings (SSSR count). The van der Waals surface area contributed by atoms with E-state index in [0.29, 0.717) is 22.7 Å². The molecule has 0 saturated carbocycles. The van der Waals surface area contributed by atoms with Crippen molar-refractivity contribution < 1.29 is 9.21 Å². The zero-order valence-corrected chi connectivity index (χ0v) is 16.5. The Hall–Kier alpha value is -1.85. The molecule has 3 heterocycles. The first kappa shape index (κ1) is 18.5. The van der Waals surface area contributed by atoms with Crippen LogP contribution in [0.2, 0.25) is 5.02 Å². The molecule has 2 aromatic rings. The summed E-state index contributed by atoms with van der Waals surface area (Å²) < 4.78 is 5.90. The van der Waals surface area contributed by atoms with Crippen LogP contribution in [0.15, 0.2) is 28.7 Å². The van der Waals surface area contributed by atoms with Crippen molar-refractivity contribution in [3.8, 4) is 11.5 Å². The van der Waals surface area contributed by atoms with Crippen LogP contribution in [0, 0.1) is 12.8 Å². The average Bonchev–Trinajstić information content (AvgIpc) is 3.21. The van der Waals surface area contributed by atoms with Gasteiger partial charge in [0, 0.05) is 43.2 Å². The fraction of sp³-hybridized carbons (Fsp3) is 0.524. The second kappa shape index (κ2) is 8.03. The fourth-order valence-electron chi connectivity index (χ4n) is 4.18. The van der Waals surface area contributed by atoms with E-state index >= 15 is 0 Å². The molecule has 1 aromatic carbocycles. The molecule has 2 aliphatic rings.